The number of thioether (sulfide) groups is 1. The van der Waals surface area contributed by atoms with Gasteiger partial charge in [-0.15, -0.1) is 11.8 Å². The lowest BCUT2D eigenvalue weighted by Crippen LogP contribution is -2.19. The lowest BCUT2D eigenvalue weighted by Gasteiger charge is -2.00. The Morgan fingerprint density at radius 3 is 2.75 bits per heavy atom. The number of halogens is 1. The number of nitro benzene ring substituents is 1. The zero-order valence-corrected chi connectivity index (χ0v) is 15.9. The summed E-state index contributed by atoms with van der Waals surface area (Å²) in [6.07, 6.45) is 1.37. The first-order chi connectivity index (χ1) is 13.5. The van der Waals surface area contributed by atoms with Crippen LogP contribution in [0.25, 0.3) is 11.3 Å². The van der Waals surface area contributed by atoms with Crippen molar-refractivity contribution in [2.45, 2.75) is 4.90 Å². The van der Waals surface area contributed by atoms with Crippen molar-refractivity contribution >= 4 is 41.2 Å². The summed E-state index contributed by atoms with van der Waals surface area (Å²) in [5.41, 5.74) is 2.98. The molecule has 0 aliphatic rings. The van der Waals surface area contributed by atoms with Gasteiger partial charge in [-0.25, -0.2) is 5.43 Å². The summed E-state index contributed by atoms with van der Waals surface area (Å²) in [4.78, 5) is 23.2. The summed E-state index contributed by atoms with van der Waals surface area (Å²) in [5.74, 6) is 0.819. The molecule has 1 heterocycles. The van der Waals surface area contributed by atoms with Gasteiger partial charge in [-0.1, -0.05) is 23.7 Å². The predicted molar refractivity (Wildman–Crippen MR) is 109 cm³/mol. The first kappa shape index (κ1) is 19.7. The molecule has 3 rings (SSSR count). The number of hydrogen-bond acceptors (Lipinski definition) is 6. The van der Waals surface area contributed by atoms with Crippen LogP contribution in [0.15, 0.2) is 75.1 Å². The monoisotopic (exact) mass is 415 g/mol. The van der Waals surface area contributed by atoms with Gasteiger partial charge in [-0.05, 0) is 36.4 Å². The number of benzene rings is 2. The van der Waals surface area contributed by atoms with E-state index in [0.717, 1.165) is 4.90 Å². The molecule has 28 heavy (non-hydrogen) atoms. The molecule has 0 aliphatic carbocycles. The van der Waals surface area contributed by atoms with Crippen molar-refractivity contribution in [3.05, 3.63) is 81.6 Å². The van der Waals surface area contributed by atoms with E-state index < -0.39 is 4.92 Å². The number of furan rings is 1. The van der Waals surface area contributed by atoms with Crippen LogP contribution >= 0.6 is 23.4 Å². The maximum absolute atomic E-state index is 11.8. The smallest absolute Gasteiger partial charge is 0.270 e. The maximum atomic E-state index is 11.8. The number of hydrogen-bond donors (Lipinski definition) is 1. The molecule has 0 bridgehead atoms. The van der Waals surface area contributed by atoms with Gasteiger partial charge in [-0.3, -0.25) is 14.9 Å². The van der Waals surface area contributed by atoms with Crippen LogP contribution in [0.1, 0.15) is 5.76 Å². The number of nitrogens with one attached hydrogen (secondary N) is 1. The third-order valence-electron chi connectivity index (χ3n) is 3.53. The highest BCUT2D eigenvalue weighted by molar-refractivity contribution is 8.00. The number of rotatable bonds is 7. The van der Waals surface area contributed by atoms with Gasteiger partial charge >= 0.3 is 0 Å². The molecule has 0 unspecified atom stereocenters. The third-order valence-corrected chi connectivity index (χ3v) is 4.80. The largest absolute Gasteiger partial charge is 0.455 e. The molecule has 0 aliphatic heterocycles. The number of nitrogens with zero attached hydrogens (tertiary/aromatic N) is 2. The Labute approximate surface area is 169 Å². The molecular weight excluding hydrogens is 402 g/mol. The van der Waals surface area contributed by atoms with Gasteiger partial charge in [0.05, 0.1) is 16.9 Å². The van der Waals surface area contributed by atoms with Crippen molar-refractivity contribution in [2.24, 2.45) is 5.10 Å². The quantitative estimate of drug-likeness (QED) is 0.260. The molecule has 0 saturated carbocycles. The second-order valence-electron chi connectivity index (χ2n) is 5.55. The van der Waals surface area contributed by atoms with Crippen LogP contribution in [0.2, 0.25) is 5.02 Å². The molecule has 0 fully saturated rings. The maximum Gasteiger partial charge on any atom is 0.270 e. The Morgan fingerprint density at radius 1 is 1.21 bits per heavy atom. The molecule has 7 nitrogen and oxygen atoms in total. The van der Waals surface area contributed by atoms with Gasteiger partial charge in [0.15, 0.2) is 0 Å². The lowest BCUT2D eigenvalue weighted by atomic mass is 10.1. The van der Waals surface area contributed by atoms with Gasteiger partial charge in [0, 0.05) is 27.6 Å². The molecule has 9 heteroatoms. The Kier molecular flexibility index (Phi) is 6.46. The fourth-order valence-corrected chi connectivity index (χ4v) is 3.05. The highest BCUT2D eigenvalue weighted by Gasteiger charge is 2.10. The molecule has 142 valence electrons. The number of hydrazone groups is 1. The summed E-state index contributed by atoms with van der Waals surface area (Å²) < 4.78 is 5.59. The van der Waals surface area contributed by atoms with E-state index in [4.69, 9.17) is 16.0 Å². The molecule has 0 spiro atoms. The molecule has 1 amide bonds. The first-order valence-corrected chi connectivity index (χ1v) is 9.42. The summed E-state index contributed by atoms with van der Waals surface area (Å²) in [6.45, 7) is 0. The van der Waals surface area contributed by atoms with E-state index in [2.05, 4.69) is 10.5 Å². The predicted octanol–water partition coefficient (Wildman–Crippen LogP) is 4.75. The molecular formula is C19H14ClN3O4S. The van der Waals surface area contributed by atoms with Crippen molar-refractivity contribution < 1.29 is 14.1 Å². The van der Waals surface area contributed by atoms with E-state index in [0.29, 0.717) is 22.1 Å². The van der Waals surface area contributed by atoms with Gasteiger partial charge in [0.1, 0.15) is 11.5 Å². The second-order valence-corrected chi connectivity index (χ2v) is 7.03. The number of nitro groups is 1. The highest BCUT2D eigenvalue weighted by Crippen LogP contribution is 2.25. The van der Waals surface area contributed by atoms with Gasteiger partial charge in [0.25, 0.3) is 5.69 Å². The third kappa shape index (κ3) is 5.45. The molecule has 0 radical (unpaired) electrons. The number of carbonyl (C=O) groups excluding carboxylic acids is 1. The van der Waals surface area contributed by atoms with E-state index in [1.165, 1.54) is 30.1 Å². The number of carbonyl (C=O) groups is 1. The van der Waals surface area contributed by atoms with Crippen LogP contribution < -0.4 is 5.43 Å². The lowest BCUT2D eigenvalue weighted by molar-refractivity contribution is -0.384. The zero-order valence-electron chi connectivity index (χ0n) is 14.4. The van der Waals surface area contributed by atoms with Gasteiger partial charge < -0.3 is 4.42 Å². The SMILES string of the molecule is O=C(CSc1ccc(Cl)cc1)N/N=C\c1ccc(-c2cccc([N+](=O)[O-])c2)o1. The van der Waals surface area contributed by atoms with Crippen molar-refractivity contribution in [1.82, 2.24) is 5.43 Å². The summed E-state index contributed by atoms with van der Waals surface area (Å²) in [6, 6.07) is 16.7. The van der Waals surface area contributed by atoms with Crippen molar-refractivity contribution in [2.75, 3.05) is 5.75 Å². The summed E-state index contributed by atoms with van der Waals surface area (Å²) >= 11 is 7.18. The Morgan fingerprint density at radius 2 is 2.00 bits per heavy atom. The van der Waals surface area contributed by atoms with Crippen molar-refractivity contribution in [3.63, 3.8) is 0 Å². The Balaban J connectivity index is 1.53. The second kappa shape index (κ2) is 9.20. The Hall–Kier alpha value is -3.10. The first-order valence-electron chi connectivity index (χ1n) is 8.06. The van der Waals surface area contributed by atoms with E-state index >= 15 is 0 Å². The zero-order chi connectivity index (χ0) is 19.9. The van der Waals surface area contributed by atoms with Crippen molar-refractivity contribution in [1.29, 1.82) is 0 Å². The van der Waals surface area contributed by atoms with E-state index in [1.54, 1.807) is 36.4 Å². The van der Waals surface area contributed by atoms with Crippen molar-refractivity contribution in [3.8, 4) is 11.3 Å². The minimum absolute atomic E-state index is 0.0189. The fraction of sp³-hybridized carbons (Fsp3) is 0.0526. The molecule has 1 aromatic heterocycles. The van der Waals surface area contributed by atoms with E-state index in [-0.39, 0.29) is 17.3 Å². The number of non-ortho nitro benzene ring substituents is 1. The van der Waals surface area contributed by atoms with Crippen LogP contribution in [-0.4, -0.2) is 22.8 Å². The number of amides is 1. The van der Waals surface area contributed by atoms with Crippen LogP contribution in [0.3, 0.4) is 0 Å². The fourth-order valence-electron chi connectivity index (χ4n) is 2.23. The summed E-state index contributed by atoms with van der Waals surface area (Å²) in [5, 5.41) is 15.4. The van der Waals surface area contributed by atoms with Crippen LogP contribution in [0.5, 0.6) is 0 Å². The molecule has 0 atom stereocenters. The summed E-state index contributed by atoms with van der Waals surface area (Å²) in [7, 11) is 0. The minimum atomic E-state index is -0.466. The average molecular weight is 416 g/mol. The van der Waals surface area contributed by atoms with E-state index in [9.17, 15) is 14.9 Å². The standard InChI is InChI=1S/C19H14ClN3O4S/c20-14-4-7-17(8-5-14)28-12-19(24)22-21-11-16-6-9-18(27-16)13-2-1-3-15(10-13)23(25)26/h1-11H,12H2,(H,22,24)/b21-11-. The minimum Gasteiger partial charge on any atom is -0.455 e. The molecule has 2 aromatic carbocycles. The molecule has 0 saturated heterocycles. The Bertz CT molecular complexity index is 1020. The van der Waals surface area contributed by atoms with Crippen LogP contribution in [0.4, 0.5) is 5.69 Å². The normalized spacial score (nSPS) is 10.9. The van der Waals surface area contributed by atoms with Crippen LogP contribution in [-0.2, 0) is 4.79 Å². The topological polar surface area (TPSA) is 97.7 Å². The van der Waals surface area contributed by atoms with Gasteiger partial charge in [-0.2, -0.15) is 5.10 Å². The van der Waals surface area contributed by atoms with Crippen LogP contribution in [0, 0.1) is 10.1 Å². The highest BCUT2D eigenvalue weighted by atomic mass is 35.5. The average Bonchev–Trinajstić information content (AvgIpc) is 3.16. The van der Waals surface area contributed by atoms with E-state index in [1.807, 2.05) is 12.1 Å². The van der Waals surface area contributed by atoms with Gasteiger partial charge in [0.2, 0.25) is 5.91 Å². The molecule has 1 N–H and O–H groups in total. The molecule has 3 aromatic rings.